The number of hydrogen-bond donors (Lipinski definition) is 2. The molecule has 1 fully saturated rings. The minimum absolute atomic E-state index is 0.0453. The van der Waals surface area contributed by atoms with Gasteiger partial charge in [0.1, 0.15) is 11.5 Å². The van der Waals surface area contributed by atoms with E-state index in [1.54, 1.807) is 24.3 Å². The molecule has 2 N–H and O–H groups in total. The topological polar surface area (TPSA) is 96.6 Å². The minimum atomic E-state index is -3.77. The monoisotopic (exact) mass is 555 g/mol. The van der Waals surface area contributed by atoms with Crippen LogP contribution in [-0.2, 0) is 16.4 Å². The highest BCUT2D eigenvalue weighted by molar-refractivity contribution is 7.95. The Kier molecular flexibility index (Phi) is 8.21. The van der Waals surface area contributed by atoms with Gasteiger partial charge in [-0.15, -0.1) is 0 Å². The van der Waals surface area contributed by atoms with Crippen LogP contribution in [0.15, 0.2) is 106 Å². The van der Waals surface area contributed by atoms with Gasteiger partial charge < -0.3 is 9.52 Å². The van der Waals surface area contributed by atoms with Gasteiger partial charge in [0.15, 0.2) is 0 Å². The van der Waals surface area contributed by atoms with Crippen molar-refractivity contribution >= 4 is 21.8 Å². The molecule has 5 rings (SSSR count). The van der Waals surface area contributed by atoms with Crippen LogP contribution in [0.5, 0.6) is 5.75 Å². The van der Waals surface area contributed by atoms with Gasteiger partial charge in [-0.05, 0) is 66.5 Å². The van der Waals surface area contributed by atoms with E-state index in [0.717, 1.165) is 41.4 Å². The van der Waals surface area contributed by atoms with Gasteiger partial charge in [-0.2, -0.15) is 0 Å². The van der Waals surface area contributed by atoms with Crippen molar-refractivity contribution in [3.63, 3.8) is 0 Å². The van der Waals surface area contributed by atoms with Crippen molar-refractivity contribution in [2.45, 2.75) is 44.4 Å². The molecule has 0 spiro atoms. The third-order valence-electron chi connectivity index (χ3n) is 7.35. The Morgan fingerprint density at radius 1 is 0.975 bits per heavy atom. The second kappa shape index (κ2) is 12.0. The Morgan fingerprint density at radius 2 is 1.68 bits per heavy atom. The second-order valence-electron chi connectivity index (χ2n) is 10.3. The highest BCUT2D eigenvalue weighted by Gasteiger charge is 2.37. The molecule has 0 amide bonds. The summed E-state index contributed by atoms with van der Waals surface area (Å²) in [5, 5.41) is 12.3. The van der Waals surface area contributed by atoms with Crippen molar-refractivity contribution in [3.8, 4) is 5.75 Å². The molecule has 206 valence electrons. The van der Waals surface area contributed by atoms with Gasteiger partial charge >= 0.3 is 5.63 Å². The molecule has 6 nitrogen and oxygen atoms in total. The summed E-state index contributed by atoms with van der Waals surface area (Å²) in [6.07, 6.45) is 4.81. The molecule has 4 aromatic rings. The molecule has 1 aliphatic carbocycles. The number of sulfonamides is 1. The number of aromatic hydroxyl groups is 1. The van der Waals surface area contributed by atoms with E-state index in [1.807, 2.05) is 73.7 Å². The van der Waals surface area contributed by atoms with Crippen LogP contribution in [0.1, 0.15) is 66.0 Å². The molecule has 40 heavy (non-hydrogen) atoms. The fraction of sp³-hybridized carbons (Fsp3) is 0.242. The molecule has 3 aromatic carbocycles. The van der Waals surface area contributed by atoms with E-state index >= 15 is 0 Å². The highest BCUT2D eigenvalue weighted by atomic mass is 32.2. The van der Waals surface area contributed by atoms with Crippen LogP contribution >= 0.6 is 0 Å². The number of anilines is 1. The molecule has 1 heterocycles. The summed E-state index contributed by atoms with van der Waals surface area (Å²) in [5.74, 6) is 0.112. The average molecular weight is 556 g/mol. The van der Waals surface area contributed by atoms with Gasteiger partial charge in [0.05, 0.1) is 11.0 Å². The van der Waals surface area contributed by atoms with Crippen molar-refractivity contribution in [3.05, 3.63) is 135 Å². The van der Waals surface area contributed by atoms with Gasteiger partial charge in [0.2, 0.25) is 0 Å². The highest BCUT2D eigenvalue weighted by Crippen LogP contribution is 2.48. The zero-order chi connectivity index (χ0) is 28.1. The van der Waals surface area contributed by atoms with E-state index in [4.69, 9.17) is 4.42 Å². The average Bonchev–Trinajstić information content (AvgIpc) is 3.79. The van der Waals surface area contributed by atoms with E-state index in [-0.39, 0.29) is 23.1 Å². The summed E-state index contributed by atoms with van der Waals surface area (Å²) in [7, 11) is -3.77. The van der Waals surface area contributed by atoms with E-state index in [2.05, 4.69) is 4.72 Å². The van der Waals surface area contributed by atoms with Crippen LogP contribution in [0.4, 0.5) is 5.69 Å². The van der Waals surface area contributed by atoms with E-state index in [0.29, 0.717) is 17.9 Å². The molecule has 2 atom stereocenters. The molecule has 0 radical (unpaired) electrons. The lowest BCUT2D eigenvalue weighted by Gasteiger charge is -2.20. The zero-order valence-corrected chi connectivity index (χ0v) is 23.2. The molecule has 1 saturated carbocycles. The van der Waals surface area contributed by atoms with Crippen LogP contribution in [0.2, 0.25) is 0 Å². The lowest BCUT2D eigenvalue weighted by Crippen LogP contribution is -2.18. The van der Waals surface area contributed by atoms with Gasteiger partial charge in [-0.25, -0.2) is 13.2 Å². The van der Waals surface area contributed by atoms with Gasteiger partial charge in [0.25, 0.3) is 10.0 Å². The van der Waals surface area contributed by atoms with Crippen LogP contribution in [0, 0.1) is 5.92 Å². The predicted molar refractivity (Wildman–Crippen MR) is 159 cm³/mol. The maximum atomic E-state index is 13.4. The summed E-state index contributed by atoms with van der Waals surface area (Å²) in [4.78, 5) is 13.4. The Labute approximate surface area is 235 Å². The predicted octanol–water partition coefficient (Wildman–Crippen LogP) is 7.04. The smallest absolute Gasteiger partial charge is 0.343 e. The van der Waals surface area contributed by atoms with Crippen LogP contribution < -0.4 is 10.3 Å². The SMILES string of the molecule is CCC(Cc1ccccc1)c1cc(O)c(C(c2cccc(NS(=O)(=O)C=Cc3ccccc3)c2)C2CC2)c(=O)o1. The largest absolute Gasteiger partial charge is 0.507 e. The number of hydrogen-bond acceptors (Lipinski definition) is 5. The Balaban J connectivity index is 1.41. The fourth-order valence-corrected chi connectivity index (χ4v) is 6.03. The number of rotatable bonds is 11. The molecule has 0 saturated heterocycles. The normalized spacial score (nSPS) is 15.1. The lowest BCUT2D eigenvalue weighted by atomic mass is 9.86. The summed E-state index contributed by atoms with van der Waals surface area (Å²) in [5.41, 5.74) is 2.72. The van der Waals surface area contributed by atoms with E-state index < -0.39 is 21.6 Å². The molecule has 2 unspecified atom stereocenters. The van der Waals surface area contributed by atoms with Crippen molar-refractivity contribution < 1.29 is 17.9 Å². The summed E-state index contributed by atoms with van der Waals surface area (Å²) in [6.45, 7) is 2.03. The van der Waals surface area contributed by atoms with Crippen LogP contribution in [0.25, 0.3) is 6.08 Å². The van der Waals surface area contributed by atoms with Crippen molar-refractivity contribution in [1.82, 2.24) is 0 Å². The summed E-state index contributed by atoms with van der Waals surface area (Å²) in [6, 6.07) is 27.8. The third kappa shape index (κ3) is 6.72. The van der Waals surface area contributed by atoms with Crippen molar-refractivity contribution in [1.29, 1.82) is 0 Å². The first kappa shape index (κ1) is 27.5. The molecule has 0 aliphatic heterocycles. The Bertz CT molecular complexity index is 1640. The van der Waals surface area contributed by atoms with Gasteiger partial charge in [-0.3, -0.25) is 4.72 Å². The van der Waals surface area contributed by atoms with E-state index in [9.17, 15) is 18.3 Å². The molecular formula is C33H33NO5S. The zero-order valence-electron chi connectivity index (χ0n) is 22.4. The van der Waals surface area contributed by atoms with Crippen molar-refractivity contribution in [2.24, 2.45) is 5.92 Å². The molecule has 7 heteroatoms. The Hall–Kier alpha value is -4.10. The third-order valence-corrected chi connectivity index (χ3v) is 8.37. The van der Waals surface area contributed by atoms with E-state index in [1.165, 1.54) is 6.08 Å². The number of nitrogens with one attached hydrogen (secondary N) is 1. The number of benzene rings is 3. The first-order valence-electron chi connectivity index (χ1n) is 13.6. The fourth-order valence-electron chi connectivity index (χ4n) is 5.17. The first-order valence-corrected chi connectivity index (χ1v) is 15.1. The molecule has 1 aromatic heterocycles. The molecule has 0 bridgehead atoms. The first-order chi connectivity index (χ1) is 19.3. The van der Waals surface area contributed by atoms with Crippen LogP contribution in [0.3, 0.4) is 0 Å². The lowest BCUT2D eigenvalue weighted by molar-refractivity contribution is 0.379. The molecule has 1 aliphatic rings. The quantitative estimate of drug-likeness (QED) is 0.207. The molecular weight excluding hydrogens is 522 g/mol. The maximum absolute atomic E-state index is 13.4. The minimum Gasteiger partial charge on any atom is -0.507 e. The van der Waals surface area contributed by atoms with Crippen molar-refractivity contribution in [2.75, 3.05) is 4.72 Å². The maximum Gasteiger partial charge on any atom is 0.343 e. The van der Waals surface area contributed by atoms with Gasteiger partial charge in [-0.1, -0.05) is 79.7 Å². The van der Waals surface area contributed by atoms with Crippen LogP contribution in [-0.4, -0.2) is 13.5 Å². The standard InChI is InChI=1S/C33H33NO5S/c1-2-25(20-24-12-7-4-8-13-24)30-22-29(35)32(33(36)39-30)31(26-16-17-26)27-14-9-15-28(21-27)34-40(37,38)19-18-23-10-5-3-6-11-23/h3-15,18-19,21-22,25-26,31,34-35H,2,16-17,20H2,1H3. The van der Waals surface area contributed by atoms with Gasteiger partial charge in [0, 0.05) is 23.6 Å². The second-order valence-corrected chi connectivity index (χ2v) is 11.9. The summed E-state index contributed by atoms with van der Waals surface area (Å²) >= 11 is 0. The summed E-state index contributed by atoms with van der Waals surface area (Å²) < 4.78 is 33.9. The Morgan fingerprint density at radius 3 is 2.33 bits per heavy atom.